The Bertz CT molecular complexity index is 104. The molecule has 10 heavy (non-hydrogen) atoms. The first-order valence-electron chi connectivity index (χ1n) is 3.10. The van der Waals surface area contributed by atoms with Crippen LogP contribution in [-0.2, 0) is 9.47 Å². The van der Waals surface area contributed by atoms with E-state index in [1.807, 2.05) is 13.8 Å². The zero-order chi connectivity index (χ0) is 7.98. The van der Waals surface area contributed by atoms with Crippen LogP contribution < -0.4 is 0 Å². The van der Waals surface area contributed by atoms with Crippen LogP contribution in [0.15, 0.2) is 0 Å². The Balaban J connectivity index is 2.98. The lowest BCUT2D eigenvalue weighted by atomic mass is 10.5. The van der Waals surface area contributed by atoms with E-state index in [0.29, 0.717) is 13.2 Å². The van der Waals surface area contributed by atoms with Gasteiger partial charge in [0.05, 0.1) is 12.7 Å². The average Bonchev–Trinajstić information content (AvgIpc) is 1.79. The van der Waals surface area contributed by atoms with E-state index in [1.54, 1.807) is 0 Å². The third-order valence-electron chi connectivity index (χ3n) is 0.760. The summed E-state index contributed by atoms with van der Waals surface area (Å²) < 4.78 is 10.3. The van der Waals surface area contributed by atoms with Gasteiger partial charge in [-0.2, -0.15) is 0 Å². The van der Waals surface area contributed by atoms with E-state index in [0.717, 1.165) is 0 Å². The number of hydrogen-bond donors (Lipinski definition) is 1. The zero-order valence-corrected chi connectivity index (χ0v) is 7.87. The van der Waals surface area contributed by atoms with Crippen LogP contribution in [0.2, 0.25) is 0 Å². The Labute approximate surface area is 72.3 Å². The molecular formula is C6H12O2S2. The Morgan fingerprint density at radius 2 is 2.10 bits per heavy atom. The van der Waals surface area contributed by atoms with Crippen molar-refractivity contribution in [2.75, 3.05) is 13.2 Å². The summed E-state index contributed by atoms with van der Waals surface area (Å²) in [5.41, 5.74) is 0. The van der Waals surface area contributed by atoms with Gasteiger partial charge in [-0.3, -0.25) is 0 Å². The normalized spacial score (nSPS) is 10.0. The fourth-order valence-electron chi connectivity index (χ4n) is 0.413. The van der Waals surface area contributed by atoms with Crippen molar-refractivity contribution in [3.05, 3.63) is 0 Å². The third kappa shape index (κ3) is 8.20. The van der Waals surface area contributed by atoms with Gasteiger partial charge in [0.15, 0.2) is 0 Å². The molecule has 0 aromatic carbocycles. The molecule has 0 atom stereocenters. The van der Waals surface area contributed by atoms with E-state index >= 15 is 0 Å². The van der Waals surface area contributed by atoms with E-state index in [2.05, 4.69) is 24.8 Å². The molecule has 0 radical (unpaired) electrons. The molecule has 0 aliphatic rings. The maximum absolute atomic E-state index is 5.17. The monoisotopic (exact) mass is 180 g/mol. The molecule has 0 aromatic rings. The van der Waals surface area contributed by atoms with Gasteiger partial charge in [-0.05, 0) is 26.1 Å². The molecule has 0 unspecified atom stereocenters. The van der Waals surface area contributed by atoms with Crippen LogP contribution in [0.4, 0.5) is 0 Å². The largest absolute Gasteiger partial charge is 0.476 e. The van der Waals surface area contributed by atoms with Gasteiger partial charge in [-0.25, -0.2) is 0 Å². The Morgan fingerprint density at radius 3 is 2.50 bits per heavy atom. The van der Waals surface area contributed by atoms with Crippen molar-refractivity contribution in [1.82, 2.24) is 0 Å². The molecule has 0 amide bonds. The molecule has 2 nitrogen and oxygen atoms in total. The lowest BCUT2D eigenvalue weighted by molar-refractivity contribution is 0.0544. The predicted octanol–water partition coefficient (Wildman–Crippen LogP) is 1.64. The lowest BCUT2D eigenvalue weighted by Gasteiger charge is -2.06. The summed E-state index contributed by atoms with van der Waals surface area (Å²) >= 11 is 8.34. The van der Waals surface area contributed by atoms with Gasteiger partial charge < -0.3 is 9.47 Å². The first-order chi connectivity index (χ1) is 4.63. The van der Waals surface area contributed by atoms with Gasteiger partial charge in [-0.1, -0.05) is 12.6 Å². The summed E-state index contributed by atoms with van der Waals surface area (Å²) in [6, 6.07) is 0. The molecule has 60 valence electrons. The second-order valence-electron chi connectivity index (χ2n) is 2.03. The van der Waals surface area contributed by atoms with Gasteiger partial charge in [0.1, 0.15) is 6.61 Å². The van der Waals surface area contributed by atoms with Crippen LogP contribution in [0, 0.1) is 0 Å². The van der Waals surface area contributed by atoms with Crippen molar-refractivity contribution in [2.45, 2.75) is 20.0 Å². The van der Waals surface area contributed by atoms with Gasteiger partial charge in [0.25, 0.3) is 0 Å². The van der Waals surface area contributed by atoms with Crippen molar-refractivity contribution < 1.29 is 9.47 Å². The van der Waals surface area contributed by atoms with E-state index in [1.165, 1.54) is 0 Å². The smallest absolute Gasteiger partial charge is 0.216 e. The summed E-state index contributed by atoms with van der Waals surface area (Å²) in [7, 11) is 0. The van der Waals surface area contributed by atoms with Crippen LogP contribution in [-0.4, -0.2) is 23.7 Å². The van der Waals surface area contributed by atoms with Crippen molar-refractivity contribution in [3.63, 3.8) is 0 Å². The standard InChI is InChI=1S/C6H12O2S2/c1-5(2)7-3-4-8-6(9)10/h5H,3-4H2,1-2H3,(H,9,10). The van der Waals surface area contributed by atoms with Crippen LogP contribution in [0.25, 0.3) is 0 Å². The van der Waals surface area contributed by atoms with Gasteiger partial charge >= 0.3 is 0 Å². The molecule has 0 rings (SSSR count). The molecule has 0 aliphatic carbocycles. The summed E-state index contributed by atoms with van der Waals surface area (Å²) in [6.07, 6.45) is 0.247. The zero-order valence-electron chi connectivity index (χ0n) is 6.16. The fourth-order valence-corrected chi connectivity index (χ4v) is 0.587. The Hall–Kier alpha value is 0.200. The Morgan fingerprint density at radius 1 is 1.50 bits per heavy atom. The molecule has 0 bridgehead atoms. The molecule has 4 heteroatoms. The third-order valence-corrected chi connectivity index (χ3v) is 1.01. The second kappa shape index (κ2) is 5.95. The van der Waals surface area contributed by atoms with E-state index < -0.39 is 0 Å². The average molecular weight is 180 g/mol. The molecule has 0 saturated carbocycles. The van der Waals surface area contributed by atoms with Crippen molar-refractivity contribution in [1.29, 1.82) is 0 Å². The number of rotatable bonds is 4. The molecule has 0 aliphatic heterocycles. The summed E-state index contributed by atoms with van der Waals surface area (Å²) in [5, 5.41) is 0. The SMILES string of the molecule is CC(C)OCCOC(=S)S. The summed E-state index contributed by atoms with van der Waals surface area (Å²) in [6.45, 7) is 5.00. The number of ether oxygens (including phenoxy) is 2. The highest BCUT2D eigenvalue weighted by atomic mass is 32.1. The van der Waals surface area contributed by atoms with E-state index in [9.17, 15) is 0 Å². The Kier molecular flexibility index (Phi) is 6.06. The minimum absolute atomic E-state index is 0.247. The molecule has 0 aromatic heterocycles. The van der Waals surface area contributed by atoms with E-state index in [4.69, 9.17) is 9.47 Å². The van der Waals surface area contributed by atoms with Crippen LogP contribution >= 0.6 is 24.8 Å². The highest BCUT2D eigenvalue weighted by Gasteiger charge is 1.93. The topological polar surface area (TPSA) is 18.5 Å². The second-order valence-corrected chi connectivity index (χ2v) is 3.11. The minimum Gasteiger partial charge on any atom is -0.476 e. The first-order valence-corrected chi connectivity index (χ1v) is 3.96. The minimum atomic E-state index is 0.247. The summed E-state index contributed by atoms with van der Waals surface area (Å²) in [5.74, 6) is 0. The lowest BCUT2D eigenvalue weighted by Crippen LogP contribution is -2.10. The maximum atomic E-state index is 5.17. The van der Waals surface area contributed by atoms with Gasteiger partial charge in [0.2, 0.25) is 4.38 Å². The fraction of sp³-hybridized carbons (Fsp3) is 0.833. The molecule has 0 heterocycles. The van der Waals surface area contributed by atoms with Crippen LogP contribution in [0.3, 0.4) is 0 Å². The number of thiocarbonyl (C=S) groups is 1. The number of hydrogen-bond acceptors (Lipinski definition) is 3. The van der Waals surface area contributed by atoms with Gasteiger partial charge in [-0.15, -0.1) is 0 Å². The highest BCUT2D eigenvalue weighted by Crippen LogP contribution is 1.90. The maximum Gasteiger partial charge on any atom is 0.216 e. The highest BCUT2D eigenvalue weighted by molar-refractivity contribution is 8.10. The molecule has 0 spiro atoms. The van der Waals surface area contributed by atoms with Crippen molar-refractivity contribution in [3.8, 4) is 0 Å². The molecular weight excluding hydrogens is 168 g/mol. The predicted molar refractivity (Wildman–Crippen MR) is 48.6 cm³/mol. The molecule has 0 N–H and O–H groups in total. The summed E-state index contributed by atoms with van der Waals surface area (Å²) in [4.78, 5) is 0. The quantitative estimate of drug-likeness (QED) is 0.403. The van der Waals surface area contributed by atoms with Gasteiger partial charge in [0, 0.05) is 0 Å². The van der Waals surface area contributed by atoms with Crippen molar-refractivity contribution >= 4 is 29.2 Å². The molecule has 0 saturated heterocycles. The molecule has 0 fully saturated rings. The van der Waals surface area contributed by atoms with Crippen LogP contribution in [0.1, 0.15) is 13.8 Å². The van der Waals surface area contributed by atoms with E-state index in [-0.39, 0.29) is 10.5 Å². The first kappa shape index (κ1) is 10.2. The van der Waals surface area contributed by atoms with Crippen molar-refractivity contribution in [2.24, 2.45) is 0 Å². The van der Waals surface area contributed by atoms with Crippen LogP contribution in [0.5, 0.6) is 0 Å². The number of thiol groups is 1.